The van der Waals surface area contributed by atoms with Gasteiger partial charge < -0.3 is 4.57 Å². The molecule has 1 aliphatic carbocycles. The predicted octanol–water partition coefficient (Wildman–Crippen LogP) is 2.17. The van der Waals surface area contributed by atoms with E-state index in [-0.39, 0.29) is 24.2 Å². The van der Waals surface area contributed by atoms with Gasteiger partial charge in [0.05, 0.1) is 12.0 Å². The number of rotatable bonds is 3. The van der Waals surface area contributed by atoms with Crippen LogP contribution in [0, 0.1) is 0 Å². The SMILES string of the molecule is Cl.O=C(CCl)NNC(=O)c1ccc(-n2cnc3c2CCCC3)cc1. The molecule has 1 aromatic carbocycles. The fourth-order valence-corrected chi connectivity index (χ4v) is 2.76. The molecule has 0 unspecified atom stereocenters. The van der Waals surface area contributed by atoms with Crippen molar-refractivity contribution in [1.82, 2.24) is 20.4 Å². The number of aryl methyl sites for hydroxylation is 1. The predicted molar refractivity (Wildman–Crippen MR) is 93.8 cm³/mol. The van der Waals surface area contributed by atoms with Crippen molar-refractivity contribution in [2.24, 2.45) is 0 Å². The van der Waals surface area contributed by atoms with E-state index in [1.165, 1.54) is 24.2 Å². The minimum atomic E-state index is -0.457. The molecule has 6 nitrogen and oxygen atoms in total. The zero-order valence-corrected chi connectivity index (χ0v) is 14.5. The van der Waals surface area contributed by atoms with Crippen LogP contribution < -0.4 is 10.9 Å². The van der Waals surface area contributed by atoms with Crippen molar-refractivity contribution < 1.29 is 9.59 Å². The number of carbonyl (C=O) groups excluding carboxylic acids is 2. The smallest absolute Gasteiger partial charge is 0.269 e. The number of alkyl halides is 1. The van der Waals surface area contributed by atoms with Gasteiger partial charge in [0.15, 0.2) is 0 Å². The van der Waals surface area contributed by atoms with E-state index in [0.29, 0.717) is 5.56 Å². The molecular weight excluding hydrogens is 351 g/mol. The maximum Gasteiger partial charge on any atom is 0.269 e. The summed E-state index contributed by atoms with van der Waals surface area (Å²) in [5, 5.41) is 0. The quantitative estimate of drug-likeness (QED) is 0.643. The van der Waals surface area contributed by atoms with Gasteiger partial charge in [-0.05, 0) is 49.9 Å². The second-order valence-electron chi connectivity index (χ2n) is 5.40. The lowest BCUT2D eigenvalue weighted by atomic mass is 10.0. The van der Waals surface area contributed by atoms with Gasteiger partial charge in [0.25, 0.3) is 11.8 Å². The average molecular weight is 369 g/mol. The Bertz CT molecular complexity index is 728. The maximum absolute atomic E-state index is 11.9. The van der Waals surface area contributed by atoms with E-state index in [1.807, 2.05) is 18.5 Å². The monoisotopic (exact) mass is 368 g/mol. The lowest BCUT2D eigenvalue weighted by Gasteiger charge is -2.14. The van der Waals surface area contributed by atoms with Crippen molar-refractivity contribution in [1.29, 1.82) is 0 Å². The lowest BCUT2D eigenvalue weighted by Crippen LogP contribution is -2.42. The first-order valence-corrected chi connectivity index (χ1v) is 8.03. The highest BCUT2D eigenvalue weighted by atomic mass is 35.5. The highest BCUT2D eigenvalue weighted by Gasteiger charge is 2.16. The molecule has 0 radical (unpaired) electrons. The van der Waals surface area contributed by atoms with Crippen LogP contribution in [0.5, 0.6) is 0 Å². The molecule has 0 saturated carbocycles. The first-order chi connectivity index (χ1) is 11.2. The number of amides is 2. The molecule has 8 heteroatoms. The second-order valence-corrected chi connectivity index (χ2v) is 5.67. The van der Waals surface area contributed by atoms with E-state index in [4.69, 9.17) is 11.6 Å². The molecule has 0 atom stereocenters. The molecule has 24 heavy (non-hydrogen) atoms. The first kappa shape index (κ1) is 18.3. The average Bonchev–Trinajstić information content (AvgIpc) is 3.03. The van der Waals surface area contributed by atoms with Crippen molar-refractivity contribution in [3.05, 3.63) is 47.5 Å². The van der Waals surface area contributed by atoms with Gasteiger partial charge in [-0.3, -0.25) is 20.4 Å². The van der Waals surface area contributed by atoms with E-state index < -0.39 is 5.91 Å². The Morgan fingerprint density at radius 2 is 1.83 bits per heavy atom. The number of aromatic nitrogens is 2. The van der Waals surface area contributed by atoms with Gasteiger partial charge in [0.2, 0.25) is 0 Å². The summed E-state index contributed by atoms with van der Waals surface area (Å²) < 4.78 is 2.07. The lowest BCUT2D eigenvalue weighted by molar-refractivity contribution is -0.119. The molecule has 1 aliphatic rings. The van der Waals surface area contributed by atoms with Crippen molar-refractivity contribution in [3.63, 3.8) is 0 Å². The number of hydrogen-bond donors (Lipinski definition) is 2. The normalized spacial score (nSPS) is 12.7. The van der Waals surface area contributed by atoms with Crippen LogP contribution in [0.2, 0.25) is 0 Å². The number of benzene rings is 1. The van der Waals surface area contributed by atoms with Gasteiger partial charge in [-0.2, -0.15) is 0 Å². The highest BCUT2D eigenvalue weighted by molar-refractivity contribution is 6.27. The van der Waals surface area contributed by atoms with Gasteiger partial charge in [-0.25, -0.2) is 4.98 Å². The Hall–Kier alpha value is -2.05. The molecule has 2 N–H and O–H groups in total. The Labute approximate surface area is 151 Å². The Morgan fingerprint density at radius 3 is 2.54 bits per heavy atom. The topological polar surface area (TPSA) is 76.0 Å². The molecule has 128 valence electrons. The molecule has 0 bridgehead atoms. The zero-order chi connectivity index (χ0) is 16.2. The Balaban J connectivity index is 0.00000208. The number of hydrazine groups is 1. The van der Waals surface area contributed by atoms with E-state index >= 15 is 0 Å². The van der Waals surface area contributed by atoms with Gasteiger partial charge in [-0.15, -0.1) is 24.0 Å². The van der Waals surface area contributed by atoms with Crippen molar-refractivity contribution in [3.8, 4) is 5.69 Å². The fourth-order valence-electron chi connectivity index (χ4n) is 2.70. The van der Waals surface area contributed by atoms with Crippen LogP contribution in [-0.4, -0.2) is 27.2 Å². The zero-order valence-electron chi connectivity index (χ0n) is 12.9. The fraction of sp³-hybridized carbons (Fsp3) is 0.312. The van der Waals surface area contributed by atoms with Gasteiger partial charge >= 0.3 is 0 Å². The van der Waals surface area contributed by atoms with E-state index in [9.17, 15) is 9.59 Å². The molecule has 2 aromatic rings. The van der Waals surface area contributed by atoms with Gasteiger partial charge in [-0.1, -0.05) is 0 Å². The number of carbonyl (C=O) groups is 2. The van der Waals surface area contributed by atoms with Crippen molar-refractivity contribution in [2.75, 3.05) is 5.88 Å². The summed E-state index contributed by atoms with van der Waals surface area (Å²) in [5.41, 5.74) is 8.39. The summed E-state index contributed by atoms with van der Waals surface area (Å²) in [7, 11) is 0. The summed E-state index contributed by atoms with van der Waals surface area (Å²) in [4.78, 5) is 27.4. The number of imidazole rings is 1. The maximum atomic E-state index is 11.9. The Kier molecular flexibility index (Phi) is 6.23. The largest absolute Gasteiger partial charge is 0.303 e. The number of nitrogens with one attached hydrogen (secondary N) is 2. The van der Waals surface area contributed by atoms with Crippen LogP contribution in [0.4, 0.5) is 0 Å². The van der Waals surface area contributed by atoms with Crippen molar-refractivity contribution in [2.45, 2.75) is 25.7 Å². The third-order valence-corrected chi connectivity index (χ3v) is 4.12. The first-order valence-electron chi connectivity index (χ1n) is 7.49. The molecule has 2 amide bonds. The summed E-state index contributed by atoms with van der Waals surface area (Å²) in [6, 6.07) is 7.17. The van der Waals surface area contributed by atoms with E-state index in [1.54, 1.807) is 12.1 Å². The van der Waals surface area contributed by atoms with E-state index in [2.05, 4.69) is 20.4 Å². The molecular formula is C16H18Cl2N4O2. The highest BCUT2D eigenvalue weighted by Crippen LogP contribution is 2.23. The molecule has 1 heterocycles. The molecule has 0 spiro atoms. The summed E-state index contributed by atoms with van der Waals surface area (Å²) in [6.45, 7) is 0. The summed E-state index contributed by atoms with van der Waals surface area (Å²) in [6.07, 6.45) is 6.27. The molecule has 0 fully saturated rings. The number of halogens is 2. The standard InChI is InChI=1S/C16H17ClN4O2.ClH/c17-9-15(22)19-20-16(23)11-5-7-12(8-6-11)21-10-18-13-3-1-2-4-14(13)21;/h5-8,10H,1-4,9H2,(H,19,22)(H,20,23);1H. The third kappa shape index (κ3) is 3.88. The molecule has 1 aromatic heterocycles. The van der Waals surface area contributed by atoms with Gasteiger partial charge in [0.1, 0.15) is 5.88 Å². The third-order valence-electron chi connectivity index (χ3n) is 3.87. The van der Waals surface area contributed by atoms with Crippen LogP contribution >= 0.6 is 24.0 Å². The van der Waals surface area contributed by atoms with Crippen LogP contribution in [0.1, 0.15) is 34.6 Å². The molecule has 3 rings (SSSR count). The van der Waals surface area contributed by atoms with Gasteiger partial charge in [0, 0.05) is 16.9 Å². The summed E-state index contributed by atoms with van der Waals surface area (Å²) >= 11 is 5.35. The van der Waals surface area contributed by atoms with E-state index in [0.717, 1.165) is 18.5 Å². The van der Waals surface area contributed by atoms with Crippen LogP contribution in [0.3, 0.4) is 0 Å². The Morgan fingerprint density at radius 1 is 1.12 bits per heavy atom. The number of nitrogens with zero attached hydrogens (tertiary/aromatic N) is 2. The second kappa shape index (κ2) is 8.17. The van der Waals surface area contributed by atoms with Crippen molar-refractivity contribution >= 4 is 35.8 Å². The van der Waals surface area contributed by atoms with Crippen LogP contribution in [0.25, 0.3) is 5.69 Å². The minimum Gasteiger partial charge on any atom is -0.303 e. The molecule has 0 aliphatic heterocycles. The molecule has 0 saturated heterocycles. The summed E-state index contributed by atoms with van der Waals surface area (Å²) in [5.74, 6) is -1.05. The number of hydrogen-bond acceptors (Lipinski definition) is 3. The van der Waals surface area contributed by atoms with Crippen LogP contribution in [0.15, 0.2) is 30.6 Å². The minimum absolute atomic E-state index is 0. The van der Waals surface area contributed by atoms with Crippen LogP contribution in [-0.2, 0) is 17.6 Å². The number of fused-ring (bicyclic) bond motifs is 1.